The second-order valence-electron chi connectivity index (χ2n) is 9.69. The predicted molar refractivity (Wildman–Crippen MR) is 144 cm³/mol. The summed E-state index contributed by atoms with van der Waals surface area (Å²) in [6.07, 6.45) is 3.83. The summed E-state index contributed by atoms with van der Waals surface area (Å²) in [5.41, 5.74) is 5.23. The van der Waals surface area contributed by atoms with Gasteiger partial charge in [0.25, 0.3) is 0 Å². The van der Waals surface area contributed by atoms with E-state index in [0.717, 1.165) is 15.9 Å². The smallest absolute Gasteiger partial charge is 0.388 e. The van der Waals surface area contributed by atoms with Crippen molar-refractivity contribution >= 4 is 45.0 Å². The molecule has 6 rings (SSSR count). The van der Waals surface area contributed by atoms with E-state index in [2.05, 4.69) is 25.4 Å². The van der Waals surface area contributed by atoms with E-state index in [1.165, 1.54) is 22.4 Å². The number of anilines is 1. The van der Waals surface area contributed by atoms with Crippen molar-refractivity contribution in [3.05, 3.63) is 52.9 Å². The number of fused-ring (bicyclic) bond motifs is 2. The van der Waals surface area contributed by atoms with Gasteiger partial charge in [0.05, 0.1) is 32.9 Å². The number of ether oxygens (including phenoxy) is 2. The second-order valence-corrected chi connectivity index (χ2v) is 10.6. The number of nitrogens with zero attached hydrogens (tertiary/aromatic N) is 6. The van der Waals surface area contributed by atoms with Crippen molar-refractivity contribution in [2.24, 2.45) is 17.0 Å². The Bertz CT molecular complexity index is 1510. The molecule has 0 radical (unpaired) electrons. The number of likely N-dealkylation sites (tertiary alicyclic amines) is 1. The first kappa shape index (κ1) is 25.6. The molecule has 1 fully saturated rings. The molecule has 4 heterocycles. The van der Waals surface area contributed by atoms with Crippen molar-refractivity contribution in [2.75, 3.05) is 25.5 Å². The Kier molecular flexibility index (Phi) is 6.85. The predicted octanol–water partition coefficient (Wildman–Crippen LogP) is 4.65. The van der Waals surface area contributed by atoms with Gasteiger partial charge >= 0.3 is 6.61 Å². The molecule has 1 N–H and O–H groups in total. The minimum Gasteiger partial charge on any atom is -0.487 e. The first-order valence-electron chi connectivity index (χ1n) is 12.5. The maximum atomic E-state index is 15.1. The molecule has 2 unspecified atom stereocenters. The molecular weight excluding hydrogens is 531 g/mol. The number of benzene rings is 1. The molecule has 0 bridgehead atoms. The Labute approximate surface area is 226 Å². The summed E-state index contributed by atoms with van der Waals surface area (Å²) in [6, 6.07) is 5.39. The standard InChI is InChI=1S/C26H26F3N7O2S/c1-35-6-5-20(17(27)11-35)37-21-8-14(16-10-36(2)34-25(16)38-26(28)29)7-19-23(21)24(31-12-30-19)33-15-3-4-18-22(9-15)39-13-32-18/h3-4,8-10,12-13,17,19-20,26H,5-7,11H2,1-2H3,(H,30,31,33)/t17-,19?,20?/m1/s1. The number of hydrogen-bond acceptors (Lipinski definition) is 9. The first-order valence-corrected chi connectivity index (χ1v) is 13.3. The number of rotatable bonds is 6. The highest BCUT2D eigenvalue weighted by molar-refractivity contribution is 7.16. The van der Waals surface area contributed by atoms with Crippen molar-refractivity contribution < 1.29 is 22.6 Å². The van der Waals surface area contributed by atoms with Crippen LogP contribution in [0.3, 0.4) is 0 Å². The first-order chi connectivity index (χ1) is 18.8. The van der Waals surface area contributed by atoms with E-state index in [1.54, 1.807) is 24.8 Å². The third-order valence-electron chi connectivity index (χ3n) is 6.90. The van der Waals surface area contributed by atoms with Gasteiger partial charge in [-0.2, -0.15) is 8.78 Å². The Morgan fingerprint density at radius 1 is 1.23 bits per heavy atom. The Morgan fingerprint density at radius 2 is 2.10 bits per heavy atom. The molecule has 1 aromatic carbocycles. The fourth-order valence-electron chi connectivity index (χ4n) is 5.06. The number of piperidine rings is 1. The summed E-state index contributed by atoms with van der Waals surface area (Å²) in [5.74, 6) is 0.740. The maximum absolute atomic E-state index is 15.1. The summed E-state index contributed by atoms with van der Waals surface area (Å²) in [5, 5.41) is 7.43. The van der Waals surface area contributed by atoms with Crippen LogP contribution in [0.2, 0.25) is 0 Å². The number of alkyl halides is 3. The summed E-state index contributed by atoms with van der Waals surface area (Å²) in [7, 11) is 3.50. The van der Waals surface area contributed by atoms with Crippen LogP contribution in [0.5, 0.6) is 5.88 Å². The lowest BCUT2D eigenvalue weighted by Gasteiger charge is -2.35. The van der Waals surface area contributed by atoms with Crippen molar-refractivity contribution in [1.29, 1.82) is 0 Å². The number of nitrogens with one attached hydrogen (secondary N) is 1. The van der Waals surface area contributed by atoms with Gasteiger partial charge in [-0.15, -0.1) is 16.4 Å². The zero-order valence-electron chi connectivity index (χ0n) is 21.2. The molecule has 0 spiro atoms. The second kappa shape index (κ2) is 10.5. The zero-order chi connectivity index (χ0) is 27.1. The van der Waals surface area contributed by atoms with Gasteiger partial charge in [0.15, 0.2) is 0 Å². The monoisotopic (exact) mass is 557 g/mol. The molecule has 204 valence electrons. The van der Waals surface area contributed by atoms with E-state index >= 15 is 4.39 Å². The number of aromatic nitrogens is 3. The molecule has 2 aromatic heterocycles. The summed E-state index contributed by atoms with van der Waals surface area (Å²) in [6.45, 7) is -2.08. The van der Waals surface area contributed by atoms with Crippen LogP contribution in [0.15, 0.2) is 57.3 Å². The molecule has 2 aliphatic heterocycles. The minimum absolute atomic E-state index is 0.186. The van der Waals surface area contributed by atoms with E-state index in [0.29, 0.717) is 47.7 Å². The van der Waals surface area contributed by atoms with Crippen LogP contribution in [-0.2, 0) is 11.8 Å². The van der Waals surface area contributed by atoms with Crippen molar-refractivity contribution in [1.82, 2.24) is 19.7 Å². The van der Waals surface area contributed by atoms with Gasteiger partial charge in [-0.1, -0.05) is 0 Å². The van der Waals surface area contributed by atoms with Gasteiger partial charge in [-0.3, -0.25) is 9.67 Å². The maximum Gasteiger partial charge on any atom is 0.388 e. The van der Waals surface area contributed by atoms with Crippen molar-refractivity contribution in [3.8, 4) is 5.88 Å². The van der Waals surface area contributed by atoms with Crippen LogP contribution in [0.25, 0.3) is 15.8 Å². The van der Waals surface area contributed by atoms with E-state index < -0.39 is 24.9 Å². The molecule has 1 aliphatic carbocycles. The highest BCUT2D eigenvalue weighted by atomic mass is 32.1. The number of amidine groups is 1. The number of aryl methyl sites for hydroxylation is 1. The topological polar surface area (TPSA) is 89.2 Å². The summed E-state index contributed by atoms with van der Waals surface area (Å²) in [4.78, 5) is 15.3. The molecule has 9 nitrogen and oxygen atoms in total. The molecular formula is C26H26F3N7O2S. The van der Waals surface area contributed by atoms with Crippen molar-refractivity contribution in [3.63, 3.8) is 0 Å². The van der Waals surface area contributed by atoms with Gasteiger partial charge in [0.2, 0.25) is 5.88 Å². The van der Waals surface area contributed by atoms with Crippen LogP contribution in [-0.4, -0.2) is 76.9 Å². The fraction of sp³-hybridized carbons (Fsp3) is 0.385. The van der Waals surface area contributed by atoms with Gasteiger partial charge in [0.1, 0.15) is 30.2 Å². The minimum atomic E-state index is -3.03. The fourth-order valence-corrected chi connectivity index (χ4v) is 5.77. The quantitative estimate of drug-likeness (QED) is 0.475. The largest absolute Gasteiger partial charge is 0.487 e. The third kappa shape index (κ3) is 5.28. The summed E-state index contributed by atoms with van der Waals surface area (Å²) >= 11 is 1.53. The molecule has 0 amide bonds. The van der Waals surface area contributed by atoms with E-state index in [-0.39, 0.29) is 12.4 Å². The lowest BCUT2D eigenvalue weighted by atomic mass is 9.88. The van der Waals surface area contributed by atoms with Crippen LogP contribution in [0, 0.1) is 0 Å². The number of hydrogen-bond donors (Lipinski definition) is 1. The van der Waals surface area contributed by atoms with Gasteiger partial charge in [-0.05, 0) is 43.3 Å². The number of allylic oxidation sites excluding steroid dienone is 1. The van der Waals surface area contributed by atoms with Gasteiger partial charge < -0.3 is 19.7 Å². The normalized spacial score (nSPS) is 23.6. The van der Waals surface area contributed by atoms with Gasteiger partial charge in [0, 0.05) is 38.4 Å². The Balaban J connectivity index is 1.40. The van der Waals surface area contributed by atoms with E-state index in [1.807, 2.05) is 30.1 Å². The third-order valence-corrected chi connectivity index (χ3v) is 7.70. The molecule has 13 heteroatoms. The molecule has 1 saturated heterocycles. The summed E-state index contributed by atoms with van der Waals surface area (Å²) < 4.78 is 54.8. The van der Waals surface area contributed by atoms with Crippen LogP contribution in [0.4, 0.5) is 18.9 Å². The van der Waals surface area contributed by atoms with Gasteiger partial charge in [-0.25, -0.2) is 14.4 Å². The average molecular weight is 558 g/mol. The molecule has 3 atom stereocenters. The van der Waals surface area contributed by atoms with Crippen LogP contribution >= 0.6 is 11.3 Å². The lowest BCUT2D eigenvalue weighted by Crippen LogP contribution is -2.44. The van der Waals surface area contributed by atoms with Crippen molar-refractivity contribution in [2.45, 2.75) is 37.8 Å². The number of halogens is 3. The molecule has 3 aromatic rings. The van der Waals surface area contributed by atoms with E-state index in [4.69, 9.17) is 9.47 Å². The lowest BCUT2D eigenvalue weighted by molar-refractivity contribution is -0.0533. The highest BCUT2D eigenvalue weighted by Crippen LogP contribution is 2.39. The van der Waals surface area contributed by atoms with E-state index in [9.17, 15) is 8.78 Å². The zero-order valence-corrected chi connectivity index (χ0v) is 22.0. The molecule has 3 aliphatic rings. The number of aliphatic imine (C=N–C) groups is 2. The average Bonchev–Trinajstić information content (AvgIpc) is 3.51. The Hall–Kier alpha value is -3.71. The SMILES string of the molecule is CN1CCC(OC2=C3C(Nc4ccc5ncsc5c4)=NC=NC3CC(c3cn(C)nc3OC(F)F)=C2)[C@H](F)C1. The number of thiazole rings is 1. The van der Waals surface area contributed by atoms with Crippen LogP contribution in [0.1, 0.15) is 18.4 Å². The molecule has 39 heavy (non-hydrogen) atoms. The van der Waals surface area contributed by atoms with Crippen LogP contribution < -0.4 is 10.1 Å². The molecule has 0 saturated carbocycles. The highest BCUT2D eigenvalue weighted by Gasteiger charge is 2.36. The Morgan fingerprint density at radius 3 is 2.92 bits per heavy atom.